The van der Waals surface area contributed by atoms with E-state index in [0.717, 1.165) is 65.0 Å². The summed E-state index contributed by atoms with van der Waals surface area (Å²) in [6.07, 6.45) is 9.14. The molecule has 9 nitrogen and oxygen atoms in total. The minimum Gasteiger partial charge on any atom is -0.379 e. The molecule has 2 fully saturated rings. The van der Waals surface area contributed by atoms with Crippen molar-refractivity contribution in [2.75, 3.05) is 50.0 Å². The second-order valence-electron chi connectivity index (χ2n) is 7.24. The summed E-state index contributed by atoms with van der Waals surface area (Å²) >= 11 is 0. The number of nitrogens with zero attached hydrogens (tertiary/aromatic N) is 4. The van der Waals surface area contributed by atoms with Crippen molar-refractivity contribution in [1.29, 1.82) is 0 Å². The van der Waals surface area contributed by atoms with E-state index in [0.29, 0.717) is 18.2 Å². The van der Waals surface area contributed by atoms with Crippen molar-refractivity contribution >= 4 is 17.3 Å². The first-order valence-corrected chi connectivity index (χ1v) is 10.0. The molecule has 0 bridgehead atoms. The van der Waals surface area contributed by atoms with Gasteiger partial charge in [0, 0.05) is 25.7 Å². The van der Waals surface area contributed by atoms with Crippen molar-refractivity contribution in [3.05, 3.63) is 16.4 Å². The van der Waals surface area contributed by atoms with E-state index in [1.54, 1.807) is 0 Å². The summed E-state index contributed by atoms with van der Waals surface area (Å²) in [5.74, 6) is 0.630. The van der Waals surface area contributed by atoms with Crippen molar-refractivity contribution in [3.63, 3.8) is 0 Å². The Hall–Kier alpha value is -2.00. The predicted molar refractivity (Wildman–Crippen MR) is 104 cm³/mol. The lowest BCUT2D eigenvalue weighted by molar-refractivity contribution is -0.383. The fourth-order valence-corrected chi connectivity index (χ4v) is 3.74. The number of nitro groups is 1. The third kappa shape index (κ3) is 6.00. The molecule has 150 valence electrons. The van der Waals surface area contributed by atoms with Crippen LogP contribution < -0.4 is 10.6 Å². The van der Waals surface area contributed by atoms with Crippen LogP contribution in [0, 0.1) is 10.1 Å². The summed E-state index contributed by atoms with van der Waals surface area (Å²) in [6.45, 7) is 5.04. The molecule has 1 aromatic heterocycles. The minimum absolute atomic E-state index is 0.0480. The summed E-state index contributed by atoms with van der Waals surface area (Å²) in [7, 11) is 0. The Bertz CT molecular complexity index is 601. The first-order valence-electron chi connectivity index (χ1n) is 10.0. The standard InChI is InChI=1S/C18H30N6O3/c25-24(26)16-17(19-8-5-9-23-10-12-27-13-11-23)20-14-21-18(16)22-15-6-3-1-2-4-7-15/h14-15H,1-13H2,(H2,19,20,21,22). The zero-order valence-corrected chi connectivity index (χ0v) is 15.9. The SMILES string of the molecule is O=[N+]([O-])c1c(NCCCN2CCOCC2)ncnc1NC1CCCCCC1. The lowest BCUT2D eigenvalue weighted by Gasteiger charge is -2.26. The van der Waals surface area contributed by atoms with E-state index in [4.69, 9.17) is 4.74 Å². The van der Waals surface area contributed by atoms with Gasteiger partial charge in [-0.15, -0.1) is 0 Å². The highest BCUT2D eigenvalue weighted by molar-refractivity contribution is 5.69. The van der Waals surface area contributed by atoms with Crippen LogP contribution in [-0.2, 0) is 4.74 Å². The van der Waals surface area contributed by atoms with Gasteiger partial charge in [0.05, 0.1) is 18.1 Å². The van der Waals surface area contributed by atoms with Crippen molar-refractivity contribution < 1.29 is 9.66 Å². The molecule has 9 heteroatoms. The average molecular weight is 378 g/mol. The molecule has 1 aromatic rings. The van der Waals surface area contributed by atoms with E-state index in [1.807, 2.05) is 0 Å². The van der Waals surface area contributed by atoms with Gasteiger partial charge in [-0.25, -0.2) is 9.97 Å². The van der Waals surface area contributed by atoms with Crippen LogP contribution in [0.4, 0.5) is 17.3 Å². The molecule has 0 atom stereocenters. The quantitative estimate of drug-likeness (QED) is 0.308. The molecule has 2 aliphatic rings. The molecule has 1 aliphatic carbocycles. The third-order valence-corrected chi connectivity index (χ3v) is 5.25. The first-order chi connectivity index (χ1) is 13.2. The smallest absolute Gasteiger partial charge is 0.353 e. The van der Waals surface area contributed by atoms with E-state index >= 15 is 0 Å². The van der Waals surface area contributed by atoms with Gasteiger partial charge in [-0.2, -0.15) is 0 Å². The number of hydrogen-bond acceptors (Lipinski definition) is 8. The Balaban J connectivity index is 1.57. The number of morpholine rings is 1. The number of anilines is 2. The Morgan fingerprint density at radius 2 is 1.85 bits per heavy atom. The van der Waals surface area contributed by atoms with Crippen LogP contribution in [0.3, 0.4) is 0 Å². The third-order valence-electron chi connectivity index (χ3n) is 5.25. The number of hydrogen-bond donors (Lipinski definition) is 2. The minimum atomic E-state index is -0.386. The number of aromatic nitrogens is 2. The summed E-state index contributed by atoms with van der Waals surface area (Å²) < 4.78 is 5.34. The van der Waals surface area contributed by atoms with Gasteiger partial charge >= 0.3 is 5.69 Å². The van der Waals surface area contributed by atoms with E-state index < -0.39 is 0 Å². The topological polar surface area (TPSA) is 105 Å². The van der Waals surface area contributed by atoms with E-state index in [1.165, 1.54) is 19.2 Å². The highest BCUT2D eigenvalue weighted by Gasteiger charge is 2.25. The molecule has 0 amide bonds. The first kappa shape index (κ1) is 19.8. The van der Waals surface area contributed by atoms with Gasteiger partial charge in [-0.05, 0) is 25.8 Å². The Morgan fingerprint density at radius 3 is 2.56 bits per heavy atom. The molecule has 0 unspecified atom stereocenters. The van der Waals surface area contributed by atoms with Gasteiger partial charge in [-0.3, -0.25) is 15.0 Å². The Labute approximate surface area is 160 Å². The maximum absolute atomic E-state index is 11.7. The van der Waals surface area contributed by atoms with Gasteiger partial charge in [0.2, 0.25) is 11.6 Å². The van der Waals surface area contributed by atoms with Crippen molar-refractivity contribution in [2.45, 2.75) is 51.0 Å². The lowest BCUT2D eigenvalue weighted by atomic mass is 10.1. The second kappa shape index (κ2) is 10.4. The largest absolute Gasteiger partial charge is 0.379 e. The van der Waals surface area contributed by atoms with Crippen LogP contribution in [0.2, 0.25) is 0 Å². The molecule has 1 saturated carbocycles. The zero-order valence-electron chi connectivity index (χ0n) is 15.9. The predicted octanol–water partition coefficient (Wildman–Crippen LogP) is 2.65. The highest BCUT2D eigenvalue weighted by Crippen LogP contribution is 2.31. The molecule has 27 heavy (non-hydrogen) atoms. The van der Waals surface area contributed by atoms with Crippen LogP contribution >= 0.6 is 0 Å². The fraction of sp³-hybridized carbons (Fsp3) is 0.778. The Morgan fingerprint density at radius 1 is 1.15 bits per heavy atom. The highest BCUT2D eigenvalue weighted by atomic mass is 16.6. The van der Waals surface area contributed by atoms with Crippen molar-refractivity contribution in [3.8, 4) is 0 Å². The summed E-state index contributed by atoms with van der Waals surface area (Å²) in [6, 6.07) is 0.246. The number of nitrogens with one attached hydrogen (secondary N) is 2. The summed E-state index contributed by atoms with van der Waals surface area (Å²) in [5.41, 5.74) is -0.0480. The summed E-state index contributed by atoms with van der Waals surface area (Å²) in [4.78, 5) is 21.9. The molecule has 0 aromatic carbocycles. The average Bonchev–Trinajstić information content (AvgIpc) is 2.95. The van der Waals surface area contributed by atoms with E-state index in [-0.39, 0.29) is 16.7 Å². The van der Waals surface area contributed by atoms with Gasteiger partial charge in [0.15, 0.2) is 0 Å². The number of ether oxygens (including phenoxy) is 1. The molecular weight excluding hydrogens is 348 g/mol. The Kier molecular flexibility index (Phi) is 7.58. The molecule has 1 aliphatic heterocycles. The maximum atomic E-state index is 11.7. The van der Waals surface area contributed by atoms with Gasteiger partial charge in [0.1, 0.15) is 6.33 Å². The van der Waals surface area contributed by atoms with Crippen LogP contribution in [0.15, 0.2) is 6.33 Å². The van der Waals surface area contributed by atoms with Gasteiger partial charge in [-0.1, -0.05) is 25.7 Å². The fourth-order valence-electron chi connectivity index (χ4n) is 3.74. The molecule has 0 spiro atoms. The van der Waals surface area contributed by atoms with Crippen LogP contribution in [-0.4, -0.2) is 65.2 Å². The molecule has 1 saturated heterocycles. The molecule has 0 radical (unpaired) electrons. The van der Waals surface area contributed by atoms with Gasteiger partial charge < -0.3 is 15.4 Å². The normalized spacial score (nSPS) is 19.4. The molecular formula is C18H30N6O3. The van der Waals surface area contributed by atoms with Gasteiger partial charge in [0.25, 0.3) is 0 Å². The maximum Gasteiger partial charge on any atom is 0.353 e. The van der Waals surface area contributed by atoms with Crippen molar-refractivity contribution in [2.24, 2.45) is 0 Å². The number of rotatable bonds is 8. The monoisotopic (exact) mass is 378 g/mol. The lowest BCUT2D eigenvalue weighted by Crippen LogP contribution is -2.37. The van der Waals surface area contributed by atoms with Crippen LogP contribution in [0.5, 0.6) is 0 Å². The van der Waals surface area contributed by atoms with Crippen LogP contribution in [0.25, 0.3) is 0 Å². The molecule has 2 N–H and O–H groups in total. The van der Waals surface area contributed by atoms with E-state index in [2.05, 4.69) is 25.5 Å². The molecule has 2 heterocycles. The summed E-state index contributed by atoms with van der Waals surface area (Å²) in [5, 5.41) is 18.1. The second-order valence-corrected chi connectivity index (χ2v) is 7.24. The van der Waals surface area contributed by atoms with Crippen LogP contribution in [0.1, 0.15) is 44.9 Å². The van der Waals surface area contributed by atoms with Crippen molar-refractivity contribution in [1.82, 2.24) is 14.9 Å². The molecule has 3 rings (SSSR count). The zero-order chi connectivity index (χ0) is 18.9. The van der Waals surface area contributed by atoms with E-state index in [9.17, 15) is 10.1 Å².